The molecule has 1 aromatic heterocycles. The second-order valence-corrected chi connectivity index (χ2v) is 7.37. The van der Waals surface area contributed by atoms with E-state index in [1.54, 1.807) is 25.0 Å². The summed E-state index contributed by atoms with van der Waals surface area (Å²) < 4.78 is 26.9. The van der Waals surface area contributed by atoms with Gasteiger partial charge in [-0.1, -0.05) is 30.3 Å². The number of ether oxygens (including phenoxy) is 2. The van der Waals surface area contributed by atoms with Crippen molar-refractivity contribution in [3.63, 3.8) is 0 Å². The third kappa shape index (κ3) is 4.52. The Morgan fingerprint density at radius 1 is 1.00 bits per heavy atom. The number of methoxy groups -OCH3 is 2. The van der Waals surface area contributed by atoms with E-state index in [0.717, 1.165) is 30.2 Å². The quantitative estimate of drug-likeness (QED) is 0.548. The number of anilines is 1. The molecule has 0 N–H and O–H groups in total. The van der Waals surface area contributed by atoms with Crippen LogP contribution < -0.4 is 9.64 Å². The fraction of sp³-hybridized carbons (Fsp3) is 0.409. The molecule has 0 aliphatic carbocycles. The van der Waals surface area contributed by atoms with Gasteiger partial charge >= 0.3 is 0 Å². The number of para-hydroxylation sites is 2. The minimum Gasteiger partial charge on any atom is -0.496 e. The standard InChI is InChI=1S/C22H27FN6O2/c1-30-16-15-29-22(24-25-26-29)21(17-7-3-6-10-20(17)31-2)28-13-11-27(12-14-28)19-9-5-4-8-18(19)23/h3-10,21H,11-16H2,1-2H3/t21-/m1/s1. The zero-order chi connectivity index (χ0) is 21.6. The summed E-state index contributed by atoms with van der Waals surface area (Å²) in [5.41, 5.74) is 1.64. The molecule has 0 bridgehead atoms. The number of piperazine rings is 1. The second kappa shape index (κ2) is 9.84. The molecule has 2 heterocycles. The highest BCUT2D eigenvalue weighted by Crippen LogP contribution is 2.34. The molecule has 1 aliphatic heterocycles. The van der Waals surface area contributed by atoms with Gasteiger partial charge in [0, 0.05) is 38.9 Å². The first-order valence-corrected chi connectivity index (χ1v) is 10.3. The largest absolute Gasteiger partial charge is 0.496 e. The van der Waals surface area contributed by atoms with Crippen molar-refractivity contribution < 1.29 is 13.9 Å². The van der Waals surface area contributed by atoms with E-state index in [1.165, 1.54) is 6.07 Å². The van der Waals surface area contributed by atoms with Gasteiger partial charge in [0.2, 0.25) is 0 Å². The van der Waals surface area contributed by atoms with E-state index < -0.39 is 0 Å². The average molecular weight is 426 g/mol. The van der Waals surface area contributed by atoms with E-state index in [2.05, 4.69) is 25.3 Å². The van der Waals surface area contributed by atoms with Crippen LogP contribution >= 0.6 is 0 Å². The summed E-state index contributed by atoms with van der Waals surface area (Å²) in [4.78, 5) is 4.41. The molecule has 0 unspecified atom stereocenters. The monoisotopic (exact) mass is 426 g/mol. The van der Waals surface area contributed by atoms with Gasteiger partial charge in [-0.05, 0) is 28.6 Å². The number of rotatable bonds is 8. The molecule has 0 radical (unpaired) electrons. The molecular weight excluding hydrogens is 399 g/mol. The molecule has 0 saturated carbocycles. The van der Waals surface area contributed by atoms with E-state index >= 15 is 0 Å². The first-order valence-electron chi connectivity index (χ1n) is 10.3. The molecule has 1 atom stereocenters. The van der Waals surface area contributed by atoms with Gasteiger partial charge in [0.05, 0.1) is 25.9 Å². The van der Waals surface area contributed by atoms with Crippen LogP contribution in [-0.2, 0) is 11.3 Å². The molecule has 0 amide bonds. The summed E-state index contributed by atoms with van der Waals surface area (Å²) in [5.74, 6) is 1.33. The van der Waals surface area contributed by atoms with Gasteiger partial charge in [0.25, 0.3) is 0 Å². The van der Waals surface area contributed by atoms with Crippen molar-refractivity contribution >= 4 is 5.69 Å². The lowest BCUT2D eigenvalue weighted by Gasteiger charge is -2.40. The molecule has 2 aromatic carbocycles. The summed E-state index contributed by atoms with van der Waals surface area (Å²) in [6, 6.07) is 14.7. The van der Waals surface area contributed by atoms with Crippen LogP contribution in [0.5, 0.6) is 5.75 Å². The first kappa shape index (κ1) is 21.2. The Morgan fingerprint density at radius 2 is 1.74 bits per heavy atom. The van der Waals surface area contributed by atoms with E-state index in [0.29, 0.717) is 31.9 Å². The molecule has 1 fully saturated rings. The summed E-state index contributed by atoms with van der Waals surface area (Å²) >= 11 is 0. The van der Waals surface area contributed by atoms with Crippen LogP contribution in [0.25, 0.3) is 0 Å². The predicted molar refractivity (Wildman–Crippen MR) is 115 cm³/mol. The zero-order valence-electron chi connectivity index (χ0n) is 17.8. The number of aromatic nitrogens is 4. The number of hydrogen-bond acceptors (Lipinski definition) is 7. The maximum absolute atomic E-state index is 14.3. The Kier molecular flexibility index (Phi) is 6.73. The molecule has 9 heteroatoms. The lowest BCUT2D eigenvalue weighted by molar-refractivity contribution is 0.171. The van der Waals surface area contributed by atoms with Crippen LogP contribution in [0.1, 0.15) is 17.4 Å². The topological polar surface area (TPSA) is 68.5 Å². The maximum Gasteiger partial charge on any atom is 0.173 e. The molecule has 8 nitrogen and oxygen atoms in total. The van der Waals surface area contributed by atoms with Crippen molar-refractivity contribution in [3.8, 4) is 5.75 Å². The van der Waals surface area contributed by atoms with Crippen LogP contribution in [0.15, 0.2) is 48.5 Å². The summed E-state index contributed by atoms with van der Waals surface area (Å²) in [5, 5.41) is 12.5. The van der Waals surface area contributed by atoms with Gasteiger partial charge in [-0.3, -0.25) is 4.90 Å². The van der Waals surface area contributed by atoms with Gasteiger partial charge in [-0.2, -0.15) is 0 Å². The molecule has 1 saturated heterocycles. The first-order chi connectivity index (χ1) is 15.2. The van der Waals surface area contributed by atoms with Gasteiger partial charge in [-0.15, -0.1) is 5.10 Å². The second-order valence-electron chi connectivity index (χ2n) is 7.37. The van der Waals surface area contributed by atoms with Crippen molar-refractivity contribution in [1.29, 1.82) is 0 Å². The van der Waals surface area contributed by atoms with Crippen LogP contribution in [0.4, 0.5) is 10.1 Å². The highest BCUT2D eigenvalue weighted by molar-refractivity contribution is 5.48. The van der Waals surface area contributed by atoms with Gasteiger partial charge in [0.1, 0.15) is 17.6 Å². The molecule has 1 aliphatic rings. The number of halogens is 1. The smallest absolute Gasteiger partial charge is 0.173 e. The Bertz CT molecular complexity index is 989. The van der Waals surface area contributed by atoms with E-state index in [9.17, 15) is 4.39 Å². The maximum atomic E-state index is 14.3. The highest BCUT2D eigenvalue weighted by Gasteiger charge is 2.32. The molecule has 164 valence electrons. The minimum absolute atomic E-state index is 0.189. The summed E-state index contributed by atoms with van der Waals surface area (Å²) in [7, 11) is 3.32. The Hall–Kier alpha value is -3.04. The van der Waals surface area contributed by atoms with Gasteiger partial charge < -0.3 is 14.4 Å². The van der Waals surface area contributed by atoms with E-state index in [-0.39, 0.29) is 11.9 Å². The van der Waals surface area contributed by atoms with E-state index in [4.69, 9.17) is 9.47 Å². The highest BCUT2D eigenvalue weighted by atomic mass is 19.1. The van der Waals surface area contributed by atoms with Crippen LogP contribution in [-0.4, -0.2) is 72.1 Å². The molecule has 31 heavy (non-hydrogen) atoms. The number of tetrazole rings is 1. The summed E-state index contributed by atoms with van der Waals surface area (Å²) in [6.45, 7) is 3.93. The van der Waals surface area contributed by atoms with Crippen molar-refractivity contribution in [2.45, 2.75) is 12.6 Å². The van der Waals surface area contributed by atoms with Crippen molar-refractivity contribution in [2.75, 3.05) is 51.9 Å². The fourth-order valence-electron chi connectivity index (χ4n) is 4.07. The molecular formula is C22H27FN6O2. The lowest BCUT2D eigenvalue weighted by atomic mass is 10.0. The Balaban J connectivity index is 1.63. The van der Waals surface area contributed by atoms with Gasteiger partial charge in [0.15, 0.2) is 5.82 Å². The summed E-state index contributed by atoms with van der Waals surface area (Å²) in [6.07, 6.45) is 0. The van der Waals surface area contributed by atoms with Crippen LogP contribution in [0.3, 0.4) is 0 Å². The number of benzene rings is 2. The molecule has 4 rings (SSSR count). The lowest BCUT2D eigenvalue weighted by Crippen LogP contribution is -2.48. The molecule has 0 spiro atoms. The van der Waals surface area contributed by atoms with Crippen LogP contribution in [0.2, 0.25) is 0 Å². The fourth-order valence-corrected chi connectivity index (χ4v) is 4.07. The van der Waals surface area contributed by atoms with Crippen molar-refractivity contribution in [1.82, 2.24) is 25.1 Å². The third-order valence-electron chi connectivity index (χ3n) is 5.62. The molecule has 3 aromatic rings. The number of hydrogen-bond donors (Lipinski definition) is 0. The SMILES string of the molecule is COCCn1nnnc1[C@@H](c1ccccc1OC)N1CCN(c2ccccc2F)CC1. The van der Waals surface area contributed by atoms with Gasteiger partial charge in [-0.25, -0.2) is 9.07 Å². The minimum atomic E-state index is -0.194. The normalized spacial score (nSPS) is 15.8. The third-order valence-corrected chi connectivity index (χ3v) is 5.62. The van der Waals surface area contributed by atoms with Crippen molar-refractivity contribution in [3.05, 3.63) is 65.7 Å². The van der Waals surface area contributed by atoms with E-state index in [1.807, 2.05) is 36.4 Å². The Labute approximate surface area is 181 Å². The zero-order valence-corrected chi connectivity index (χ0v) is 17.8. The Morgan fingerprint density at radius 3 is 2.48 bits per heavy atom. The van der Waals surface area contributed by atoms with Crippen LogP contribution in [0, 0.1) is 5.82 Å². The van der Waals surface area contributed by atoms with Crippen molar-refractivity contribution in [2.24, 2.45) is 0 Å². The average Bonchev–Trinajstić information content (AvgIpc) is 3.27. The number of nitrogens with zero attached hydrogens (tertiary/aromatic N) is 6. The predicted octanol–water partition coefficient (Wildman–Crippen LogP) is 2.38.